The van der Waals surface area contributed by atoms with E-state index in [2.05, 4.69) is 0 Å². The van der Waals surface area contributed by atoms with E-state index in [1.165, 1.54) is 6.92 Å². The van der Waals surface area contributed by atoms with Crippen molar-refractivity contribution >= 4 is 5.78 Å². The molecule has 0 N–H and O–H groups in total. The number of halogens is 3. The number of Topliss-reactive ketones (excluding diaryl/α,β-unsaturated/α-hetero) is 1. The number of nitrogens with zero attached hydrogens (tertiary/aromatic N) is 1. The Bertz CT molecular complexity index is 341. The predicted molar refractivity (Wildman–Crippen MR) is 49.7 cm³/mol. The Balaban J connectivity index is 2.41. The third-order valence-corrected chi connectivity index (χ3v) is 2.03. The zero-order valence-corrected chi connectivity index (χ0v) is 8.34. The Morgan fingerprint density at radius 2 is 2.13 bits per heavy atom. The highest BCUT2D eigenvalue weighted by Crippen LogP contribution is 2.21. The molecule has 2 nitrogen and oxygen atoms in total. The Morgan fingerprint density at radius 3 is 2.60 bits per heavy atom. The standard InChI is InChI=1S/C10H12F3NO/c1-8(15)9-3-6-14(7-9)5-2-4-10(11,12)13/h3,6-7H,2,4-5H2,1H3. The first-order valence-electron chi connectivity index (χ1n) is 4.62. The van der Waals surface area contributed by atoms with Crippen LogP contribution in [0.3, 0.4) is 0 Å². The van der Waals surface area contributed by atoms with Gasteiger partial charge < -0.3 is 4.57 Å². The molecular formula is C10H12F3NO. The number of rotatable bonds is 4. The molecule has 5 heteroatoms. The highest BCUT2D eigenvalue weighted by atomic mass is 19.4. The van der Waals surface area contributed by atoms with Crippen molar-refractivity contribution in [2.45, 2.75) is 32.5 Å². The number of aryl methyl sites for hydroxylation is 1. The topological polar surface area (TPSA) is 22.0 Å². The van der Waals surface area contributed by atoms with Crippen molar-refractivity contribution in [1.29, 1.82) is 0 Å². The minimum absolute atomic E-state index is 0.0372. The van der Waals surface area contributed by atoms with Crippen LogP contribution in [0, 0.1) is 0 Å². The molecule has 0 aliphatic carbocycles. The van der Waals surface area contributed by atoms with Crippen LogP contribution in [0.4, 0.5) is 13.2 Å². The lowest BCUT2D eigenvalue weighted by Gasteiger charge is -2.06. The predicted octanol–water partition coefficient (Wildman–Crippen LogP) is 3.03. The molecule has 0 atom stereocenters. The maximum absolute atomic E-state index is 11.8. The molecule has 1 rings (SSSR count). The monoisotopic (exact) mass is 219 g/mol. The summed E-state index contributed by atoms with van der Waals surface area (Å²) in [6.07, 6.45) is -1.67. The van der Waals surface area contributed by atoms with Crippen LogP contribution in [0.25, 0.3) is 0 Å². The van der Waals surface area contributed by atoms with Gasteiger partial charge in [-0.2, -0.15) is 13.2 Å². The molecule has 0 fully saturated rings. The highest BCUT2D eigenvalue weighted by molar-refractivity contribution is 5.93. The number of hydrogen-bond acceptors (Lipinski definition) is 1. The molecular weight excluding hydrogens is 207 g/mol. The number of hydrogen-bond donors (Lipinski definition) is 0. The molecule has 1 heterocycles. The van der Waals surface area contributed by atoms with E-state index in [0.29, 0.717) is 5.56 Å². The normalized spacial score (nSPS) is 11.7. The minimum Gasteiger partial charge on any atom is -0.354 e. The summed E-state index contributed by atoms with van der Waals surface area (Å²) < 4.78 is 37.1. The van der Waals surface area contributed by atoms with Crippen molar-refractivity contribution in [3.8, 4) is 0 Å². The van der Waals surface area contributed by atoms with Crippen molar-refractivity contribution < 1.29 is 18.0 Å². The second-order valence-corrected chi connectivity index (χ2v) is 3.41. The van der Waals surface area contributed by atoms with Crippen molar-refractivity contribution in [2.24, 2.45) is 0 Å². The van der Waals surface area contributed by atoms with E-state index in [9.17, 15) is 18.0 Å². The van der Waals surface area contributed by atoms with Gasteiger partial charge in [0, 0.05) is 30.9 Å². The van der Waals surface area contributed by atoms with E-state index < -0.39 is 12.6 Å². The second-order valence-electron chi connectivity index (χ2n) is 3.41. The van der Waals surface area contributed by atoms with Crippen molar-refractivity contribution in [3.63, 3.8) is 0 Å². The zero-order valence-electron chi connectivity index (χ0n) is 8.34. The van der Waals surface area contributed by atoms with Crippen LogP contribution in [0.1, 0.15) is 30.1 Å². The Hall–Kier alpha value is -1.26. The molecule has 0 aromatic carbocycles. The molecule has 1 aromatic heterocycles. The summed E-state index contributed by atoms with van der Waals surface area (Å²) in [5.74, 6) is -0.0791. The third-order valence-electron chi connectivity index (χ3n) is 2.03. The number of carbonyl (C=O) groups excluding carboxylic acids is 1. The molecule has 0 saturated carbocycles. The van der Waals surface area contributed by atoms with E-state index in [0.717, 1.165) is 0 Å². The fourth-order valence-electron chi connectivity index (χ4n) is 1.25. The average molecular weight is 219 g/mol. The van der Waals surface area contributed by atoms with Gasteiger partial charge in [0.15, 0.2) is 5.78 Å². The number of aromatic nitrogens is 1. The fraction of sp³-hybridized carbons (Fsp3) is 0.500. The quantitative estimate of drug-likeness (QED) is 0.713. The number of carbonyl (C=O) groups is 1. The van der Waals surface area contributed by atoms with Crippen LogP contribution in [0.15, 0.2) is 18.5 Å². The van der Waals surface area contributed by atoms with Gasteiger partial charge in [-0.1, -0.05) is 0 Å². The van der Waals surface area contributed by atoms with Gasteiger partial charge in [-0.05, 0) is 19.4 Å². The summed E-state index contributed by atoms with van der Waals surface area (Å²) >= 11 is 0. The van der Waals surface area contributed by atoms with E-state index >= 15 is 0 Å². The summed E-state index contributed by atoms with van der Waals surface area (Å²) in [7, 11) is 0. The molecule has 84 valence electrons. The molecule has 0 spiro atoms. The molecule has 0 aliphatic heterocycles. The lowest BCUT2D eigenvalue weighted by molar-refractivity contribution is -0.135. The maximum Gasteiger partial charge on any atom is 0.389 e. The van der Waals surface area contributed by atoms with Crippen LogP contribution in [-0.2, 0) is 6.54 Å². The molecule has 0 radical (unpaired) electrons. The number of ketones is 1. The van der Waals surface area contributed by atoms with Gasteiger partial charge in [0.2, 0.25) is 0 Å². The first-order chi connectivity index (χ1) is 6.88. The summed E-state index contributed by atoms with van der Waals surface area (Å²) in [6.45, 7) is 1.71. The Kier molecular flexibility index (Phi) is 3.55. The van der Waals surface area contributed by atoms with Crippen LogP contribution in [0.5, 0.6) is 0 Å². The zero-order chi connectivity index (χ0) is 11.5. The van der Waals surface area contributed by atoms with Gasteiger partial charge in [0.25, 0.3) is 0 Å². The van der Waals surface area contributed by atoms with Gasteiger partial charge in [-0.3, -0.25) is 4.79 Å². The largest absolute Gasteiger partial charge is 0.389 e. The third kappa shape index (κ3) is 4.18. The van der Waals surface area contributed by atoms with E-state index in [-0.39, 0.29) is 18.7 Å². The molecule has 0 saturated heterocycles. The molecule has 0 bridgehead atoms. The van der Waals surface area contributed by atoms with E-state index in [1.54, 1.807) is 23.0 Å². The van der Waals surface area contributed by atoms with Crippen molar-refractivity contribution in [2.75, 3.05) is 0 Å². The van der Waals surface area contributed by atoms with Crippen LogP contribution >= 0.6 is 0 Å². The summed E-state index contributed by atoms with van der Waals surface area (Å²) in [6, 6.07) is 1.61. The van der Waals surface area contributed by atoms with Gasteiger partial charge in [0.1, 0.15) is 0 Å². The smallest absolute Gasteiger partial charge is 0.354 e. The van der Waals surface area contributed by atoms with Crippen molar-refractivity contribution in [3.05, 3.63) is 24.0 Å². The first kappa shape index (κ1) is 11.8. The van der Waals surface area contributed by atoms with Gasteiger partial charge >= 0.3 is 6.18 Å². The minimum atomic E-state index is -4.10. The van der Waals surface area contributed by atoms with Gasteiger partial charge in [0.05, 0.1) is 0 Å². The molecule has 0 unspecified atom stereocenters. The first-order valence-corrected chi connectivity index (χ1v) is 4.62. The molecule has 0 aliphatic rings. The van der Waals surface area contributed by atoms with Gasteiger partial charge in [-0.25, -0.2) is 0 Å². The summed E-state index contributed by atoms with van der Waals surface area (Å²) in [5, 5.41) is 0. The lowest BCUT2D eigenvalue weighted by atomic mass is 10.2. The van der Waals surface area contributed by atoms with Crippen LogP contribution in [-0.4, -0.2) is 16.5 Å². The highest BCUT2D eigenvalue weighted by Gasteiger charge is 2.25. The SMILES string of the molecule is CC(=O)c1ccn(CCCC(F)(F)F)c1. The summed E-state index contributed by atoms with van der Waals surface area (Å²) in [4.78, 5) is 10.9. The van der Waals surface area contributed by atoms with E-state index in [4.69, 9.17) is 0 Å². The Morgan fingerprint density at radius 1 is 1.47 bits per heavy atom. The molecule has 0 amide bonds. The Labute approximate surface area is 85.7 Å². The molecule has 15 heavy (non-hydrogen) atoms. The average Bonchev–Trinajstić information content (AvgIpc) is 2.50. The summed E-state index contributed by atoms with van der Waals surface area (Å²) in [5.41, 5.74) is 0.530. The molecule has 1 aromatic rings. The van der Waals surface area contributed by atoms with E-state index in [1.807, 2.05) is 0 Å². The maximum atomic E-state index is 11.8. The fourth-order valence-corrected chi connectivity index (χ4v) is 1.25. The lowest BCUT2D eigenvalue weighted by Crippen LogP contribution is -2.08. The second kappa shape index (κ2) is 4.51. The van der Waals surface area contributed by atoms with Gasteiger partial charge in [-0.15, -0.1) is 0 Å². The van der Waals surface area contributed by atoms with Crippen molar-refractivity contribution in [1.82, 2.24) is 4.57 Å². The van der Waals surface area contributed by atoms with Crippen LogP contribution in [0.2, 0.25) is 0 Å². The number of alkyl halides is 3. The van der Waals surface area contributed by atoms with Crippen LogP contribution < -0.4 is 0 Å².